The fourth-order valence-electron chi connectivity index (χ4n) is 3.75. The second-order valence-electron chi connectivity index (χ2n) is 6.52. The lowest BCUT2D eigenvalue weighted by Crippen LogP contribution is -2.60. The molecule has 0 saturated carbocycles. The normalized spacial score (nSPS) is 29.2. The Bertz CT molecular complexity index is 273. The molecule has 2 rings (SSSR count). The van der Waals surface area contributed by atoms with Crippen LogP contribution in [0.1, 0.15) is 32.6 Å². The highest BCUT2D eigenvalue weighted by atomic mass is 15.3. The van der Waals surface area contributed by atoms with E-state index >= 15 is 0 Å². The lowest BCUT2D eigenvalue weighted by molar-refractivity contribution is 0.0336. The highest BCUT2D eigenvalue weighted by Gasteiger charge is 2.38. The number of nitrogens with zero attached hydrogens (tertiary/aromatic N) is 3. The zero-order valence-electron chi connectivity index (χ0n) is 13.1. The maximum absolute atomic E-state index is 6.16. The largest absolute Gasteiger partial charge is 0.329 e. The zero-order chi connectivity index (χ0) is 13.9. The van der Waals surface area contributed by atoms with Crippen LogP contribution in [0.15, 0.2) is 0 Å². The fourth-order valence-corrected chi connectivity index (χ4v) is 3.75. The first-order valence-corrected chi connectivity index (χ1v) is 7.95. The van der Waals surface area contributed by atoms with Crippen molar-refractivity contribution in [2.45, 2.75) is 44.2 Å². The summed E-state index contributed by atoms with van der Waals surface area (Å²) in [6, 6.07) is 0.734. The minimum atomic E-state index is 0.245. The van der Waals surface area contributed by atoms with Crippen molar-refractivity contribution in [2.24, 2.45) is 5.73 Å². The molecule has 0 radical (unpaired) electrons. The smallest absolute Gasteiger partial charge is 0.0353 e. The molecule has 0 aromatic heterocycles. The van der Waals surface area contributed by atoms with E-state index in [2.05, 4.69) is 35.7 Å². The van der Waals surface area contributed by atoms with Crippen LogP contribution in [0.4, 0.5) is 0 Å². The summed E-state index contributed by atoms with van der Waals surface area (Å²) >= 11 is 0. The molecule has 2 aliphatic rings. The van der Waals surface area contributed by atoms with E-state index in [4.69, 9.17) is 5.73 Å². The van der Waals surface area contributed by atoms with Crippen LogP contribution in [0.3, 0.4) is 0 Å². The molecule has 0 spiro atoms. The van der Waals surface area contributed by atoms with Gasteiger partial charge in [0.25, 0.3) is 0 Å². The Morgan fingerprint density at radius 3 is 2.42 bits per heavy atom. The molecule has 2 heterocycles. The molecule has 0 bridgehead atoms. The zero-order valence-corrected chi connectivity index (χ0v) is 13.1. The van der Waals surface area contributed by atoms with E-state index in [0.29, 0.717) is 0 Å². The van der Waals surface area contributed by atoms with Crippen molar-refractivity contribution < 1.29 is 0 Å². The third-order valence-corrected chi connectivity index (χ3v) is 5.58. The summed E-state index contributed by atoms with van der Waals surface area (Å²) in [5.74, 6) is 0. The van der Waals surface area contributed by atoms with E-state index in [1.807, 2.05) is 0 Å². The summed E-state index contributed by atoms with van der Waals surface area (Å²) in [6.07, 6.45) is 5.16. The number of rotatable bonds is 5. The maximum Gasteiger partial charge on any atom is 0.0353 e. The SMILES string of the molecule is CCN1CCC(CN)(N(C)CC2CCCN2C)CC1. The second-order valence-corrected chi connectivity index (χ2v) is 6.52. The van der Waals surface area contributed by atoms with E-state index in [0.717, 1.165) is 12.6 Å². The number of hydrogen-bond acceptors (Lipinski definition) is 4. The number of hydrogen-bond donors (Lipinski definition) is 1. The molecule has 2 N–H and O–H groups in total. The van der Waals surface area contributed by atoms with Gasteiger partial charge in [0.15, 0.2) is 0 Å². The first kappa shape index (κ1) is 15.2. The fraction of sp³-hybridized carbons (Fsp3) is 1.00. The van der Waals surface area contributed by atoms with E-state index in [1.165, 1.54) is 58.4 Å². The van der Waals surface area contributed by atoms with E-state index < -0.39 is 0 Å². The number of likely N-dealkylation sites (N-methyl/N-ethyl adjacent to an activating group) is 2. The summed E-state index contributed by atoms with van der Waals surface area (Å²) in [4.78, 5) is 7.64. The Morgan fingerprint density at radius 2 is 1.95 bits per heavy atom. The lowest BCUT2D eigenvalue weighted by atomic mass is 9.85. The quantitative estimate of drug-likeness (QED) is 0.801. The molecule has 4 nitrogen and oxygen atoms in total. The molecule has 0 aromatic rings. The Kier molecular flexibility index (Phi) is 5.23. The van der Waals surface area contributed by atoms with Crippen LogP contribution in [-0.2, 0) is 0 Å². The monoisotopic (exact) mass is 268 g/mol. The van der Waals surface area contributed by atoms with Gasteiger partial charge in [-0.2, -0.15) is 0 Å². The maximum atomic E-state index is 6.16. The van der Waals surface area contributed by atoms with Gasteiger partial charge in [-0.3, -0.25) is 4.90 Å². The number of nitrogens with two attached hydrogens (primary N) is 1. The van der Waals surface area contributed by atoms with Gasteiger partial charge in [-0.25, -0.2) is 0 Å². The predicted octanol–water partition coefficient (Wildman–Crippen LogP) is 0.826. The summed E-state index contributed by atoms with van der Waals surface area (Å²) in [6.45, 7) is 9.09. The van der Waals surface area contributed by atoms with Gasteiger partial charge in [0.1, 0.15) is 0 Å². The topological polar surface area (TPSA) is 35.7 Å². The molecule has 1 unspecified atom stereocenters. The number of piperidine rings is 1. The highest BCUT2D eigenvalue weighted by Crippen LogP contribution is 2.28. The van der Waals surface area contributed by atoms with Crippen molar-refractivity contribution in [3.63, 3.8) is 0 Å². The molecule has 0 aliphatic carbocycles. The lowest BCUT2D eigenvalue weighted by Gasteiger charge is -2.48. The molecule has 112 valence electrons. The average Bonchev–Trinajstić information content (AvgIpc) is 2.84. The first-order chi connectivity index (χ1) is 9.11. The third-order valence-electron chi connectivity index (χ3n) is 5.58. The van der Waals surface area contributed by atoms with Gasteiger partial charge in [0.2, 0.25) is 0 Å². The van der Waals surface area contributed by atoms with Crippen LogP contribution < -0.4 is 5.73 Å². The van der Waals surface area contributed by atoms with E-state index in [1.54, 1.807) is 0 Å². The molecule has 2 aliphatic heterocycles. The van der Waals surface area contributed by atoms with Crippen molar-refractivity contribution in [1.29, 1.82) is 0 Å². The Balaban J connectivity index is 1.93. The second kappa shape index (κ2) is 6.53. The molecule has 0 aromatic carbocycles. The van der Waals surface area contributed by atoms with Crippen molar-refractivity contribution in [3.05, 3.63) is 0 Å². The summed E-state index contributed by atoms with van der Waals surface area (Å²) in [7, 11) is 4.56. The van der Waals surface area contributed by atoms with Gasteiger partial charge >= 0.3 is 0 Å². The van der Waals surface area contributed by atoms with Crippen molar-refractivity contribution in [3.8, 4) is 0 Å². The molecule has 4 heteroatoms. The standard InChI is InChI=1S/C15H32N4/c1-4-19-10-7-15(13-16,8-11-19)18(3)12-14-6-5-9-17(14)2/h14H,4-13,16H2,1-3H3. The van der Waals surface area contributed by atoms with E-state index in [9.17, 15) is 0 Å². The van der Waals surface area contributed by atoms with Crippen LogP contribution in [0.2, 0.25) is 0 Å². The molecule has 0 amide bonds. The predicted molar refractivity (Wildman–Crippen MR) is 81.4 cm³/mol. The van der Waals surface area contributed by atoms with Crippen LogP contribution >= 0.6 is 0 Å². The van der Waals surface area contributed by atoms with Gasteiger partial charge in [-0.1, -0.05) is 6.92 Å². The van der Waals surface area contributed by atoms with Gasteiger partial charge < -0.3 is 15.5 Å². The Morgan fingerprint density at radius 1 is 1.26 bits per heavy atom. The number of likely N-dealkylation sites (tertiary alicyclic amines) is 2. The molecular weight excluding hydrogens is 236 g/mol. The summed E-state index contributed by atoms with van der Waals surface area (Å²) in [5.41, 5.74) is 6.41. The summed E-state index contributed by atoms with van der Waals surface area (Å²) in [5, 5.41) is 0. The van der Waals surface area contributed by atoms with Crippen LogP contribution in [-0.4, -0.2) is 79.6 Å². The average molecular weight is 268 g/mol. The van der Waals surface area contributed by atoms with Crippen LogP contribution in [0.25, 0.3) is 0 Å². The van der Waals surface area contributed by atoms with Gasteiger partial charge in [0, 0.05) is 24.7 Å². The van der Waals surface area contributed by atoms with Crippen molar-refractivity contribution in [1.82, 2.24) is 14.7 Å². The molecule has 2 saturated heterocycles. The molecular formula is C15H32N4. The van der Waals surface area contributed by atoms with Crippen LogP contribution in [0.5, 0.6) is 0 Å². The summed E-state index contributed by atoms with van der Waals surface area (Å²) < 4.78 is 0. The highest BCUT2D eigenvalue weighted by molar-refractivity contribution is 4.96. The van der Waals surface area contributed by atoms with Crippen molar-refractivity contribution in [2.75, 3.05) is 53.4 Å². The van der Waals surface area contributed by atoms with Gasteiger partial charge in [0.05, 0.1) is 0 Å². The van der Waals surface area contributed by atoms with Crippen LogP contribution in [0, 0.1) is 0 Å². The molecule has 1 atom stereocenters. The first-order valence-electron chi connectivity index (χ1n) is 7.95. The Hall–Kier alpha value is -0.160. The van der Waals surface area contributed by atoms with Gasteiger partial charge in [-0.05, 0) is 66.0 Å². The van der Waals surface area contributed by atoms with Gasteiger partial charge in [-0.15, -0.1) is 0 Å². The third kappa shape index (κ3) is 3.30. The minimum absolute atomic E-state index is 0.245. The Labute approximate surface area is 118 Å². The molecule has 19 heavy (non-hydrogen) atoms. The minimum Gasteiger partial charge on any atom is -0.329 e. The molecule has 2 fully saturated rings. The van der Waals surface area contributed by atoms with E-state index in [-0.39, 0.29) is 5.54 Å². The van der Waals surface area contributed by atoms with Crippen molar-refractivity contribution >= 4 is 0 Å².